The largest absolute Gasteiger partial charge is 0.463 e. The molecule has 17 heavy (non-hydrogen) atoms. The van der Waals surface area contributed by atoms with Gasteiger partial charge in [0.2, 0.25) is 0 Å². The second-order valence-corrected chi connectivity index (χ2v) is 3.19. The molecule has 0 fully saturated rings. The van der Waals surface area contributed by atoms with E-state index in [-0.39, 0.29) is 18.6 Å². The van der Waals surface area contributed by atoms with Crippen molar-refractivity contribution in [2.45, 2.75) is 25.6 Å². The molecular formula is C11H15F3O3. The van der Waals surface area contributed by atoms with Crippen LogP contribution in [-0.4, -0.2) is 31.5 Å². The third kappa shape index (κ3) is 6.11. The molecule has 0 spiro atoms. The number of carbonyl (C=O) groups excluding carboxylic acids is 1. The van der Waals surface area contributed by atoms with Crippen LogP contribution in [0.2, 0.25) is 0 Å². The van der Waals surface area contributed by atoms with Gasteiger partial charge in [-0.2, -0.15) is 13.2 Å². The van der Waals surface area contributed by atoms with E-state index in [2.05, 4.69) is 22.6 Å². The molecule has 0 aliphatic heterocycles. The van der Waals surface area contributed by atoms with Gasteiger partial charge < -0.3 is 9.47 Å². The van der Waals surface area contributed by atoms with E-state index in [1.807, 2.05) is 0 Å². The van der Waals surface area contributed by atoms with E-state index in [0.717, 1.165) is 6.08 Å². The highest BCUT2D eigenvalue weighted by Gasteiger charge is 2.39. The van der Waals surface area contributed by atoms with Crippen LogP contribution in [0.15, 0.2) is 24.8 Å². The van der Waals surface area contributed by atoms with E-state index in [1.54, 1.807) is 6.92 Å². The molecule has 6 heteroatoms. The topological polar surface area (TPSA) is 35.5 Å². The Morgan fingerprint density at radius 3 is 2.47 bits per heavy atom. The molecule has 1 unspecified atom stereocenters. The Morgan fingerprint density at radius 1 is 1.47 bits per heavy atom. The van der Waals surface area contributed by atoms with Gasteiger partial charge in [0.15, 0.2) is 6.10 Å². The Morgan fingerprint density at radius 2 is 2.06 bits per heavy atom. The highest BCUT2D eigenvalue weighted by atomic mass is 19.4. The summed E-state index contributed by atoms with van der Waals surface area (Å²) >= 11 is 0. The first-order valence-corrected chi connectivity index (χ1v) is 4.97. The van der Waals surface area contributed by atoms with Gasteiger partial charge in [-0.1, -0.05) is 12.7 Å². The van der Waals surface area contributed by atoms with Crippen LogP contribution in [0.3, 0.4) is 0 Å². The Kier molecular flexibility index (Phi) is 6.57. The van der Waals surface area contributed by atoms with E-state index in [9.17, 15) is 18.0 Å². The Labute approximate surface area is 97.9 Å². The normalized spacial score (nSPS) is 12.9. The highest BCUT2D eigenvalue weighted by molar-refractivity contribution is 5.87. The third-order valence-corrected chi connectivity index (χ3v) is 1.77. The van der Waals surface area contributed by atoms with Gasteiger partial charge >= 0.3 is 12.1 Å². The Bertz CT molecular complexity index is 284. The van der Waals surface area contributed by atoms with Crippen molar-refractivity contribution >= 4 is 5.97 Å². The van der Waals surface area contributed by atoms with Crippen molar-refractivity contribution in [2.75, 3.05) is 13.2 Å². The number of hydrogen-bond acceptors (Lipinski definition) is 3. The van der Waals surface area contributed by atoms with Gasteiger partial charge in [0.05, 0.1) is 18.8 Å². The predicted molar refractivity (Wildman–Crippen MR) is 56.4 cm³/mol. The fourth-order valence-corrected chi connectivity index (χ4v) is 0.941. The Balaban J connectivity index is 4.26. The zero-order valence-corrected chi connectivity index (χ0v) is 9.55. The summed E-state index contributed by atoms with van der Waals surface area (Å²) in [6.07, 6.45) is -5.75. The molecule has 3 nitrogen and oxygen atoms in total. The average molecular weight is 252 g/mol. The van der Waals surface area contributed by atoms with Gasteiger partial charge in [-0.25, -0.2) is 4.79 Å². The zero-order valence-electron chi connectivity index (χ0n) is 9.55. The summed E-state index contributed by atoms with van der Waals surface area (Å²) in [7, 11) is 0. The summed E-state index contributed by atoms with van der Waals surface area (Å²) in [5, 5.41) is 0. The maximum absolute atomic E-state index is 12.4. The van der Waals surface area contributed by atoms with Gasteiger partial charge in [0.1, 0.15) is 0 Å². The van der Waals surface area contributed by atoms with E-state index in [1.165, 1.54) is 0 Å². The molecule has 0 rings (SSSR count). The second-order valence-electron chi connectivity index (χ2n) is 3.19. The fourth-order valence-electron chi connectivity index (χ4n) is 0.941. The summed E-state index contributed by atoms with van der Waals surface area (Å²) in [4.78, 5) is 11.1. The van der Waals surface area contributed by atoms with Gasteiger partial charge in [-0.05, 0) is 6.92 Å². The van der Waals surface area contributed by atoms with E-state index in [4.69, 9.17) is 0 Å². The lowest BCUT2D eigenvalue weighted by molar-refractivity contribution is -0.217. The predicted octanol–water partition coefficient (Wildman–Crippen LogP) is 2.63. The van der Waals surface area contributed by atoms with Crippen LogP contribution in [0, 0.1) is 0 Å². The molecule has 0 aromatic heterocycles. The SMILES string of the molecule is C=CCC(OCC(=C)C(=O)OCC)C(F)(F)F. The van der Waals surface area contributed by atoms with E-state index < -0.39 is 24.9 Å². The molecule has 0 N–H and O–H groups in total. The third-order valence-electron chi connectivity index (χ3n) is 1.77. The second kappa shape index (κ2) is 7.11. The minimum Gasteiger partial charge on any atom is -0.463 e. The lowest BCUT2D eigenvalue weighted by Crippen LogP contribution is -2.32. The molecule has 0 aliphatic carbocycles. The van der Waals surface area contributed by atoms with Gasteiger partial charge in [0, 0.05) is 6.42 Å². The van der Waals surface area contributed by atoms with Crippen LogP contribution in [-0.2, 0) is 14.3 Å². The first-order chi connectivity index (χ1) is 7.82. The summed E-state index contributed by atoms with van der Waals surface area (Å²) < 4.78 is 46.3. The highest BCUT2D eigenvalue weighted by Crippen LogP contribution is 2.25. The quantitative estimate of drug-likeness (QED) is 0.397. The fraction of sp³-hybridized carbons (Fsp3) is 0.545. The average Bonchev–Trinajstić information content (AvgIpc) is 2.22. The molecule has 0 aromatic carbocycles. The van der Waals surface area contributed by atoms with Crippen LogP contribution in [0.5, 0.6) is 0 Å². The van der Waals surface area contributed by atoms with Gasteiger partial charge in [-0.15, -0.1) is 6.58 Å². The minimum atomic E-state index is -4.50. The van der Waals surface area contributed by atoms with Crippen LogP contribution in [0.25, 0.3) is 0 Å². The van der Waals surface area contributed by atoms with E-state index >= 15 is 0 Å². The van der Waals surface area contributed by atoms with Crippen LogP contribution < -0.4 is 0 Å². The first kappa shape index (κ1) is 15.7. The summed E-state index contributed by atoms with van der Waals surface area (Å²) in [5.74, 6) is -0.757. The molecule has 0 bridgehead atoms. The van der Waals surface area contributed by atoms with Crippen molar-refractivity contribution in [3.63, 3.8) is 0 Å². The van der Waals surface area contributed by atoms with Gasteiger partial charge in [-0.3, -0.25) is 0 Å². The van der Waals surface area contributed by atoms with Crippen molar-refractivity contribution in [3.8, 4) is 0 Å². The summed E-state index contributed by atoms with van der Waals surface area (Å²) in [6, 6.07) is 0. The smallest absolute Gasteiger partial charge is 0.414 e. The standard InChI is InChI=1S/C11H15F3O3/c1-4-6-9(11(12,13)14)17-7-8(3)10(15)16-5-2/h4,9H,1,3,5-7H2,2H3. The van der Waals surface area contributed by atoms with Crippen LogP contribution >= 0.6 is 0 Å². The lowest BCUT2D eigenvalue weighted by atomic mass is 10.2. The van der Waals surface area contributed by atoms with Crippen LogP contribution in [0.4, 0.5) is 13.2 Å². The monoisotopic (exact) mass is 252 g/mol. The van der Waals surface area contributed by atoms with Gasteiger partial charge in [0.25, 0.3) is 0 Å². The number of alkyl halides is 3. The minimum absolute atomic E-state index is 0.132. The molecule has 0 aromatic rings. The first-order valence-electron chi connectivity index (χ1n) is 4.97. The molecule has 0 aliphatic rings. The number of hydrogen-bond donors (Lipinski definition) is 0. The number of esters is 1. The zero-order chi connectivity index (χ0) is 13.5. The lowest BCUT2D eigenvalue weighted by Gasteiger charge is -2.19. The maximum Gasteiger partial charge on any atom is 0.414 e. The number of rotatable bonds is 7. The molecule has 1 atom stereocenters. The maximum atomic E-state index is 12.4. The molecular weight excluding hydrogens is 237 g/mol. The number of ether oxygens (including phenoxy) is 2. The number of halogens is 3. The molecule has 0 heterocycles. The molecule has 0 saturated carbocycles. The van der Waals surface area contributed by atoms with E-state index in [0.29, 0.717) is 0 Å². The molecule has 98 valence electrons. The molecule has 0 amide bonds. The van der Waals surface area contributed by atoms with Crippen molar-refractivity contribution < 1.29 is 27.4 Å². The summed E-state index contributed by atoms with van der Waals surface area (Å²) in [6.45, 7) is 7.71. The molecule has 0 saturated heterocycles. The van der Waals surface area contributed by atoms with Crippen molar-refractivity contribution in [3.05, 3.63) is 24.8 Å². The number of carbonyl (C=O) groups is 1. The van der Waals surface area contributed by atoms with Crippen molar-refractivity contribution in [2.24, 2.45) is 0 Å². The van der Waals surface area contributed by atoms with Crippen molar-refractivity contribution in [1.82, 2.24) is 0 Å². The van der Waals surface area contributed by atoms with Crippen LogP contribution in [0.1, 0.15) is 13.3 Å². The molecule has 0 radical (unpaired) electrons. The Hall–Kier alpha value is -1.30. The van der Waals surface area contributed by atoms with Crippen molar-refractivity contribution in [1.29, 1.82) is 0 Å². The summed E-state index contributed by atoms with van der Waals surface area (Å²) in [5.41, 5.74) is -0.148.